The van der Waals surface area contributed by atoms with Gasteiger partial charge in [0.05, 0.1) is 38.6 Å². The van der Waals surface area contributed by atoms with Crippen LogP contribution in [0.1, 0.15) is 55.2 Å². The molecule has 2 heterocycles. The first kappa shape index (κ1) is 27.9. The maximum atomic E-state index is 13.3. The lowest BCUT2D eigenvalue weighted by atomic mass is 10.0. The Morgan fingerprint density at radius 3 is 2.59 bits per heavy atom. The molecule has 0 aliphatic carbocycles. The Morgan fingerprint density at radius 2 is 1.85 bits per heavy atom. The van der Waals surface area contributed by atoms with E-state index >= 15 is 0 Å². The molecule has 0 fully saturated rings. The van der Waals surface area contributed by atoms with Gasteiger partial charge in [0.25, 0.3) is 0 Å². The van der Waals surface area contributed by atoms with E-state index in [1.807, 2.05) is 55.5 Å². The molecule has 4 aromatic rings. The van der Waals surface area contributed by atoms with Crippen molar-refractivity contribution in [2.45, 2.75) is 51.5 Å². The van der Waals surface area contributed by atoms with Gasteiger partial charge in [-0.15, -0.1) is 0 Å². The van der Waals surface area contributed by atoms with Gasteiger partial charge in [0.1, 0.15) is 11.6 Å². The summed E-state index contributed by atoms with van der Waals surface area (Å²) in [5.74, 6) is 1.34. The number of fused-ring (bicyclic) bond motifs is 1. The first-order chi connectivity index (χ1) is 18.9. The number of hydrogen-bond donors (Lipinski definition) is 3. The van der Waals surface area contributed by atoms with Gasteiger partial charge in [-0.3, -0.25) is 14.4 Å². The van der Waals surface area contributed by atoms with Gasteiger partial charge < -0.3 is 20.0 Å². The number of hydroxylamine groups is 2. The van der Waals surface area contributed by atoms with Crippen LogP contribution in [0.25, 0.3) is 22.2 Å². The number of amides is 2. The van der Waals surface area contributed by atoms with Crippen molar-refractivity contribution < 1.29 is 19.2 Å². The summed E-state index contributed by atoms with van der Waals surface area (Å²) in [5, 5.41) is 5.44. The van der Waals surface area contributed by atoms with Crippen LogP contribution in [0.4, 0.5) is 0 Å². The summed E-state index contributed by atoms with van der Waals surface area (Å²) in [5.41, 5.74) is 4.81. The number of carbonyl (C=O) groups excluding carboxylic acids is 2. The van der Waals surface area contributed by atoms with E-state index in [-0.39, 0.29) is 24.3 Å². The Morgan fingerprint density at radius 1 is 1.05 bits per heavy atom. The van der Waals surface area contributed by atoms with E-state index in [9.17, 15) is 9.59 Å². The molecule has 206 valence electrons. The Hall–Kier alpha value is -4.11. The molecule has 1 atom stereocenters. The van der Waals surface area contributed by atoms with Gasteiger partial charge in [-0.2, -0.15) is 0 Å². The third-order valence-corrected chi connectivity index (χ3v) is 7.02. The van der Waals surface area contributed by atoms with Crippen LogP contribution in [0.15, 0.2) is 54.7 Å². The predicted octanol–water partition coefficient (Wildman–Crippen LogP) is 5.25. The molecule has 0 aliphatic rings. The van der Waals surface area contributed by atoms with Crippen LogP contribution in [-0.2, 0) is 20.8 Å². The van der Waals surface area contributed by atoms with Crippen molar-refractivity contribution in [3.63, 3.8) is 0 Å². The number of methoxy groups -OCH3 is 1. The highest BCUT2D eigenvalue weighted by Gasteiger charge is 2.20. The lowest BCUT2D eigenvalue weighted by molar-refractivity contribution is -0.168. The lowest BCUT2D eigenvalue weighted by Crippen LogP contribution is -2.30. The van der Waals surface area contributed by atoms with E-state index in [1.165, 1.54) is 12.2 Å². The summed E-state index contributed by atoms with van der Waals surface area (Å²) >= 11 is 0. The predicted molar refractivity (Wildman–Crippen MR) is 151 cm³/mol. The zero-order valence-corrected chi connectivity index (χ0v) is 23.0. The first-order valence-corrected chi connectivity index (χ1v) is 13.2. The van der Waals surface area contributed by atoms with Crippen LogP contribution in [0, 0.1) is 6.92 Å². The van der Waals surface area contributed by atoms with Gasteiger partial charge in [0, 0.05) is 30.1 Å². The van der Waals surface area contributed by atoms with E-state index in [2.05, 4.69) is 20.3 Å². The minimum Gasteiger partial charge on any atom is -0.497 e. The third-order valence-electron chi connectivity index (χ3n) is 7.02. The van der Waals surface area contributed by atoms with Gasteiger partial charge in [0.2, 0.25) is 11.8 Å². The van der Waals surface area contributed by atoms with Crippen molar-refractivity contribution in [3.05, 3.63) is 71.8 Å². The molecule has 0 unspecified atom stereocenters. The summed E-state index contributed by atoms with van der Waals surface area (Å²) in [6.45, 7) is 1.98. The molecule has 0 spiro atoms. The molecule has 4 rings (SSSR count). The van der Waals surface area contributed by atoms with Crippen molar-refractivity contribution in [3.8, 4) is 17.0 Å². The number of ether oxygens (including phenoxy) is 1. The highest BCUT2D eigenvalue weighted by molar-refractivity contribution is 5.91. The van der Waals surface area contributed by atoms with E-state index in [1.54, 1.807) is 20.4 Å². The third kappa shape index (κ3) is 7.06. The molecule has 0 saturated heterocycles. The minimum absolute atomic E-state index is 0.0494. The van der Waals surface area contributed by atoms with Crippen LogP contribution >= 0.6 is 0 Å². The monoisotopic (exact) mass is 531 g/mol. The second-order valence-electron chi connectivity index (χ2n) is 9.66. The summed E-state index contributed by atoms with van der Waals surface area (Å²) < 4.78 is 5.39. The fraction of sp³-hybridized carbons (Fsp3) is 0.367. The normalized spacial score (nSPS) is 11.9. The highest BCUT2D eigenvalue weighted by Crippen LogP contribution is 2.28. The molecule has 9 nitrogen and oxygen atoms in total. The first-order valence-electron chi connectivity index (χ1n) is 13.2. The summed E-state index contributed by atoms with van der Waals surface area (Å²) in [4.78, 5) is 41.7. The van der Waals surface area contributed by atoms with Gasteiger partial charge in [0.15, 0.2) is 0 Å². The number of rotatable bonds is 13. The number of imidazole rings is 1. The van der Waals surface area contributed by atoms with Crippen molar-refractivity contribution in [1.82, 2.24) is 25.3 Å². The molecule has 0 radical (unpaired) electrons. The Bertz CT molecular complexity index is 1400. The van der Waals surface area contributed by atoms with Gasteiger partial charge in [-0.25, -0.2) is 10.0 Å². The van der Waals surface area contributed by atoms with Crippen molar-refractivity contribution in [2.24, 2.45) is 0 Å². The smallest absolute Gasteiger partial charge is 0.245 e. The number of aryl methyl sites for hydroxylation is 1. The number of aromatic nitrogens is 3. The SMILES string of the molecule is COc1ccc2[nH]c(C)c(CC(=O)N[C@@H](CCCCCC(=O)N(C)OC)c3ncc(-c4ccccc4)[nH]3)c2c1. The molecule has 0 bridgehead atoms. The Labute approximate surface area is 228 Å². The molecule has 39 heavy (non-hydrogen) atoms. The number of carbonyl (C=O) groups is 2. The second-order valence-corrected chi connectivity index (χ2v) is 9.66. The minimum atomic E-state index is -0.285. The van der Waals surface area contributed by atoms with Gasteiger partial charge in [-0.1, -0.05) is 43.2 Å². The molecule has 2 aromatic carbocycles. The standard InChI is InChI=1S/C30H37N5O4/c1-20-23(24-17-22(38-3)15-16-25(24)32-20)18-28(36)33-26(13-9-6-10-14-29(37)35(2)39-4)30-31-19-27(34-30)21-11-7-5-8-12-21/h5,7-8,11-12,15-17,19,26,32H,6,9-10,13-14,18H2,1-4H3,(H,31,34)(H,33,36)/t26-/m0/s1. The molecule has 2 amide bonds. The zero-order valence-electron chi connectivity index (χ0n) is 23.0. The second kappa shape index (κ2) is 13.1. The Balaban J connectivity index is 1.46. The summed E-state index contributed by atoms with van der Waals surface area (Å²) in [6, 6.07) is 15.5. The quantitative estimate of drug-likeness (QED) is 0.161. The number of H-pyrrole nitrogens is 2. The molecular formula is C30H37N5O4. The zero-order chi connectivity index (χ0) is 27.8. The number of benzene rings is 2. The van der Waals surface area contributed by atoms with E-state index in [4.69, 9.17) is 9.57 Å². The molecule has 2 aromatic heterocycles. The average molecular weight is 532 g/mol. The maximum absolute atomic E-state index is 13.3. The van der Waals surface area contributed by atoms with Crippen LogP contribution in [0.5, 0.6) is 5.75 Å². The lowest BCUT2D eigenvalue weighted by Gasteiger charge is -2.17. The molecule has 0 aliphatic heterocycles. The number of nitrogens with one attached hydrogen (secondary N) is 3. The van der Waals surface area contributed by atoms with Crippen LogP contribution < -0.4 is 10.1 Å². The van der Waals surface area contributed by atoms with Crippen molar-refractivity contribution >= 4 is 22.7 Å². The molecule has 9 heteroatoms. The molecule has 0 saturated carbocycles. The Kier molecular flexibility index (Phi) is 9.38. The maximum Gasteiger partial charge on any atom is 0.245 e. The van der Waals surface area contributed by atoms with Gasteiger partial charge in [-0.05, 0) is 49.1 Å². The number of nitrogens with zero attached hydrogens (tertiary/aromatic N) is 2. The fourth-order valence-electron chi connectivity index (χ4n) is 4.74. The van der Waals surface area contributed by atoms with Gasteiger partial charge >= 0.3 is 0 Å². The van der Waals surface area contributed by atoms with Crippen molar-refractivity contribution in [2.75, 3.05) is 21.3 Å². The highest BCUT2D eigenvalue weighted by atomic mass is 16.7. The average Bonchev–Trinajstić information content (AvgIpc) is 3.56. The largest absolute Gasteiger partial charge is 0.497 e. The molecule has 3 N–H and O–H groups in total. The van der Waals surface area contributed by atoms with Crippen LogP contribution in [0.3, 0.4) is 0 Å². The van der Waals surface area contributed by atoms with Crippen molar-refractivity contribution in [1.29, 1.82) is 0 Å². The summed E-state index contributed by atoms with van der Waals surface area (Å²) in [6.07, 6.45) is 5.59. The number of unbranched alkanes of at least 4 members (excludes halogenated alkanes) is 2. The van der Waals surface area contributed by atoms with E-state index < -0.39 is 0 Å². The van der Waals surface area contributed by atoms with Crippen LogP contribution in [-0.4, -0.2) is 53.1 Å². The van der Waals surface area contributed by atoms with Crippen LogP contribution in [0.2, 0.25) is 0 Å². The fourth-order valence-corrected chi connectivity index (χ4v) is 4.74. The molecular weight excluding hydrogens is 494 g/mol. The van der Waals surface area contributed by atoms with E-state index in [0.29, 0.717) is 12.8 Å². The topological polar surface area (TPSA) is 112 Å². The summed E-state index contributed by atoms with van der Waals surface area (Å²) in [7, 11) is 4.73. The number of hydrogen-bond acceptors (Lipinski definition) is 5. The number of aromatic amines is 2. The van der Waals surface area contributed by atoms with E-state index in [0.717, 1.165) is 64.3 Å².